The molecule has 108 valence electrons. The number of para-hydroxylation sites is 1. The van der Waals surface area contributed by atoms with Crippen molar-refractivity contribution in [3.05, 3.63) is 33.9 Å². The number of amides is 1. The van der Waals surface area contributed by atoms with Gasteiger partial charge >= 0.3 is 5.69 Å². The van der Waals surface area contributed by atoms with Gasteiger partial charge in [0.2, 0.25) is 5.75 Å². The zero-order valence-electron chi connectivity index (χ0n) is 11.2. The quantitative estimate of drug-likeness (QED) is 0.658. The Labute approximate surface area is 116 Å². The van der Waals surface area contributed by atoms with E-state index in [1.165, 1.54) is 12.1 Å². The van der Waals surface area contributed by atoms with Gasteiger partial charge in [-0.05, 0) is 19.4 Å². The summed E-state index contributed by atoms with van der Waals surface area (Å²) < 4.78 is 5.32. The molecule has 2 N–H and O–H groups in total. The van der Waals surface area contributed by atoms with Crippen molar-refractivity contribution < 1.29 is 14.5 Å². The first-order chi connectivity index (χ1) is 9.54. The smallest absolute Gasteiger partial charge is 0.311 e. The maximum atomic E-state index is 12.4. The maximum Gasteiger partial charge on any atom is 0.311 e. The van der Waals surface area contributed by atoms with E-state index in [9.17, 15) is 14.9 Å². The van der Waals surface area contributed by atoms with Gasteiger partial charge in [-0.1, -0.05) is 6.07 Å². The summed E-state index contributed by atoms with van der Waals surface area (Å²) in [7, 11) is 0. The first-order valence-electron chi connectivity index (χ1n) is 6.49. The van der Waals surface area contributed by atoms with E-state index in [1.807, 2.05) is 0 Å². The number of nitro groups is 1. The van der Waals surface area contributed by atoms with Crippen LogP contribution in [0.2, 0.25) is 0 Å². The van der Waals surface area contributed by atoms with Gasteiger partial charge in [-0.3, -0.25) is 14.9 Å². The number of nitro benzene ring substituents is 1. The van der Waals surface area contributed by atoms with E-state index in [2.05, 4.69) is 0 Å². The summed E-state index contributed by atoms with van der Waals surface area (Å²) in [4.78, 5) is 24.5. The standard InChI is InChI=1S/C13H17N3O4/c1-2-20-12-10(4-3-5-11(12)16(18)19)13(17)15-7-6-9(14)8-15/h3-5,9H,2,6-8,14H2,1H3/t9-/m1/s1. The van der Waals surface area contributed by atoms with Crippen LogP contribution in [-0.4, -0.2) is 41.5 Å². The third-order valence-corrected chi connectivity index (χ3v) is 3.22. The molecule has 0 radical (unpaired) electrons. The average Bonchev–Trinajstić information content (AvgIpc) is 2.85. The Balaban J connectivity index is 2.37. The SMILES string of the molecule is CCOc1c(C(=O)N2CC[C@@H](N)C2)cccc1[N+](=O)[O-]. The van der Waals surface area contributed by atoms with Gasteiger partial charge in [0, 0.05) is 25.2 Å². The van der Waals surface area contributed by atoms with Gasteiger partial charge in [-0.15, -0.1) is 0 Å². The predicted molar refractivity (Wildman–Crippen MR) is 72.8 cm³/mol. The molecule has 0 aromatic heterocycles. The summed E-state index contributed by atoms with van der Waals surface area (Å²) in [6, 6.07) is 4.33. The molecule has 1 aliphatic heterocycles. The fraction of sp³-hybridized carbons (Fsp3) is 0.462. The molecule has 1 fully saturated rings. The molecule has 20 heavy (non-hydrogen) atoms. The number of nitrogens with zero attached hydrogens (tertiary/aromatic N) is 2. The van der Waals surface area contributed by atoms with E-state index in [-0.39, 0.29) is 35.6 Å². The van der Waals surface area contributed by atoms with Crippen molar-refractivity contribution in [3.63, 3.8) is 0 Å². The molecule has 0 saturated carbocycles. The molecule has 0 spiro atoms. The molecular weight excluding hydrogens is 262 g/mol. The van der Waals surface area contributed by atoms with Gasteiger partial charge < -0.3 is 15.4 Å². The van der Waals surface area contributed by atoms with Gasteiger partial charge in [-0.25, -0.2) is 0 Å². The van der Waals surface area contributed by atoms with Crippen LogP contribution in [0.1, 0.15) is 23.7 Å². The van der Waals surface area contributed by atoms with E-state index in [4.69, 9.17) is 10.5 Å². The predicted octanol–water partition coefficient (Wildman–Crippen LogP) is 1.17. The Bertz CT molecular complexity index is 532. The summed E-state index contributed by atoms with van der Waals surface area (Å²) in [5, 5.41) is 11.0. The molecule has 1 saturated heterocycles. The van der Waals surface area contributed by atoms with E-state index in [1.54, 1.807) is 17.9 Å². The number of rotatable bonds is 4. The minimum atomic E-state index is -0.544. The van der Waals surface area contributed by atoms with Crippen molar-refractivity contribution in [3.8, 4) is 5.75 Å². The van der Waals surface area contributed by atoms with Gasteiger partial charge in [0.25, 0.3) is 5.91 Å². The van der Waals surface area contributed by atoms with Gasteiger partial charge in [0.1, 0.15) is 0 Å². The zero-order valence-corrected chi connectivity index (χ0v) is 11.2. The number of likely N-dealkylation sites (tertiary alicyclic amines) is 1. The number of nitrogens with two attached hydrogens (primary N) is 1. The van der Waals surface area contributed by atoms with Crippen LogP contribution >= 0.6 is 0 Å². The fourth-order valence-electron chi connectivity index (χ4n) is 2.28. The largest absolute Gasteiger partial charge is 0.487 e. The number of hydrogen-bond donors (Lipinski definition) is 1. The number of carbonyl (C=O) groups excluding carboxylic acids is 1. The van der Waals surface area contributed by atoms with Crippen LogP contribution in [-0.2, 0) is 0 Å². The van der Waals surface area contributed by atoms with Crippen LogP contribution in [0.15, 0.2) is 18.2 Å². The Kier molecular flexibility index (Phi) is 4.19. The lowest BCUT2D eigenvalue weighted by Crippen LogP contribution is -2.32. The monoisotopic (exact) mass is 279 g/mol. The maximum absolute atomic E-state index is 12.4. The van der Waals surface area contributed by atoms with Crippen LogP contribution in [0.5, 0.6) is 5.75 Å². The van der Waals surface area contributed by atoms with Crippen molar-refractivity contribution >= 4 is 11.6 Å². The van der Waals surface area contributed by atoms with Crippen LogP contribution in [0.25, 0.3) is 0 Å². The molecule has 1 atom stereocenters. The van der Waals surface area contributed by atoms with Gasteiger partial charge in [0.05, 0.1) is 17.1 Å². The fourth-order valence-corrected chi connectivity index (χ4v) is 2.28. The molecule has 2 rings (SSSR count). The molecule has 7 nitrogen and oxygen atoms in total. The number of hydrogen-bond acceptors (Lipinski definition) is 5. The van der Waals surface area contributed by atoms with E-state index in [0.29, 0.717) is 13.1 Å². The van der Waals surface area contributed by atoms with Crippen molar-refractivity contribution in [2.75, 3.05) is 19.7 Å². The lowest BCUT2D eigenvalue weighted by atomic mass is 10.1. The highest BCUT2D eigenvalue weighted by molar-refractivity contribution is 5.98. The molecular formula is C13H17N3O4. The molecule has 1 aliphatic rings. The molecule has 0 bridgehead atoms. The lowest BCUT2D eigenvalue weighted by Gasteiger charge is -2.17. The highest BCUT2D eigenvalue weighted by Crippen LogP contribution is 2.32. The second-order valence-corrected chi connectivity index (χ2v) is 4.64. The number of benzene rings is 1. The molecule has 1 aromatic carbocycles. The highest BCUT2D eigenvalue weighted by atomic mass is 16.6. The first-order valence-corrected chi connectivity index (χ1v) is 6.49. The summed E-state index contributed by atoms with van der Waals surface area (Å²) in [5.74, 6) is -0.240. The van der Waals surface area contributed by atoms with Gasteiger partial charge in [0.15, 0.2) is 0 Å². The summed E-state index contributed by atoms with van der Waals surface area (Å²) >= 11 is 0. The minimum Gasteiger partial charge on any atom is -0.487 e. The van der Waals surface area contributed by atoms with Gasteiger partial charge in [-0.2, -0.15) is 0 Å². The minimum absolute atomic E-state index is 0.0328. The van der Waals surface area contributed by atoms with Crippen molar-refractivity contribution in [2.24, 2.45) is 5.73 Å². The molecule has 7 heteroatoms. The zero-order chi connectivity index (χ0) is 14.7. The van der Waals surface area contributed by atoms with Crippen molar-refractivity contribution in [1.82, 2.24) is 4.90 Å². The summed E-state index contributed by atoms with van der Waals surface area (Å²) in [5.41, 5.74) is 5.81. The second kappa shape index (κ2) is 5.87. The lowest BCUT2D eigenvalue weighted by molar-refractivity contribution is -0.385. The topological polar surface area (TPSA) is 98.7 Å². The van der Waals surface area contributed by atoms with Crippen LogP contribution in [0.4, 0.5) is 5.69 Å². The normalized spacial score (nSPS) is 18.1. The van der Waals surface area contributed by atoms with E-state index >= 15 is 0 Å². The average molecular weight is 279 g/mol. The molecule has 1 heterocycles. The third-order valence-electron chi connectivity index (χ3n) is 3.22. The Hall–Kier alpha value is -2.15. The Morgan fingerprint density at radius 2 is 2.35 bits per heavy atom. The highest BCUT2D eigenvalue weighted by Gasteiger charge is 2.29. The van der Waals surface area contributed by atoms with Crippen molar-refractivity contribution in [1.29, 1.82) is 0 Å². The summed E-state index contributed by atoms with van der Waals surface area (Å²) in [6.07, 6.45) is 0.741. The van der Waals surface area contributed by atoms with Crippen molar-refractivity contribution in [2.45, 2.75) is 19.4 Å². The number of carbonyl (C=O) groups is 1. The molecule has 1 amide bonds. The third kappa shape index (κ3) is 2.72. The molecule has 0 aliphatic carbocycles. The molecule has 1 aromatic rings. The second-order valence-electron chi connectivity index (χ2n) is 4.64. The Morgan fingerprint density at radius 1 is 1.60 bits per heavy atom. The Morgan fingerprint density at radius 3 is 2.90 bits per heavy atom. The van der Waals surface area contributed by atoms with E-state index < -0.39 is 4.92 Å². The first kappa shape index (κ1) is 14.3. The molecule has 0 unspecified atom stereocenters. The van der Waals surface area contributed by atoms with E-state index in [0.717, 1.165) is 6.42 Å². The summed E-state index contributed by atoms with van der Waals surface area (Å²) in [6.45, 7) is 3.00. The van der Waals surface area contributed by atoms with Crippen LogP contribution < -0.4 is 10.5 Å². The van der Waals surface area contributed by atoms with Crippen LogP contribution in [0, 0.1) is 10.1 Å². The van der Waals surface area contributed by atoms with Crippen LogP contribution in [0.3, 0.4) is 0 Å². The number of ether oxygens (including phenoxy) is 1.